The van der Waals surface area contributed by atoms with Gasteiger partial charge in [0.15, 0.2) is 5.13 Å². The molecule has 0 bridgehead atoms. The van der Waals surface area contributed by atoms with Gasteiger partial charge in [-0.2, -0.15) is 0 Å². The topological polar surface area (TPSA) is 77.5 Å². The molecule has 0 saturated carbocycles. The first-order valence-corrected chi connectivity index (χ1v) is 8.56. The lowest BCUT2D eigenvalue weighted by Crippen LogP contribution is -2.62. The third-order valence-electron chi connectivity index (χ3n) is 3.65. The minimum Gasteiger partial charge on any atom is -0.392 e. The highest BCUT2D eigenvalue weighted by molar-refractivity contribution is 7.13. The Morgan fingerprint density at radius 1 is 1.30 bits per heavy atom. The molecule has 1 aliphatic heterocycles. The van der Waals surface area contributed by atoms with Crippen molar-refractivity contribution in [3.05, 3.63) is 47.0 Å². The molecule has 2 aromatic rings. The molecule has 0 radical (unpaired) electrons. The summed E-state index contributed by atoms with van der Waals surface area (Å²) in [6, 6.07) is 7.26. The molecule has 1 aromatic carbocycles. The lowest BCUT2D eigenvalue weighted by Gasteiger charge is -2.44. The van der Waals surface area contributed by atoms with Gasteiger partial charge in [-0.3, -0.25) is 9.80 Å². The van der Waals surface area contributed by atoms with Gasteiger partial charge < -0.3 is 10.4 Å². The van der Waals surface area contributed by atoms with Crippen LogP contribution in [0.1, 0.15) is 17.2 Å². The number of amides is 1. The Morgan fingerprint density at radius 2 is 2.09 bits per heavy atom. The molecular formula is C15H17ClN4O2S. The Bertz CT molecular complexity index is 650. The smallest absolute Gasteiger partial charge is 0.257 e. The first-order valence-electron chi connectivity index (χ1n) is 7.24. The van der Waals surface area contributed by atoms with Crippen molar-refractivity contribution < 1.29 is 9.90 Å². The van der Waals surface area contributed by atoms with Crippen molar-refractivity contribution in [1.82, 2.24) is 15.4 Å². The van der Waals surface area contributed by atoms with Gasteiger partial charge in [0.05, 0.1) is 12.6 Å². The molecule has 6 nitrogen and oxygen atoms in total. The first-order chi connectivity index (χ1) is 11.2. The number of alkyl halides is 1. The molecule has 2 unspecified atom stereocenters. The van der Waals surface area contributed by atoms with E-state index in [-0.39, 0.29) is 18.6 Å². The van der Waals surface area contributed by atoms with E-state index in [2.05, 4.69) is 15.7 Å². The van der Waals surface area contributed by atoms with Gasteiger partial charge in [-0.05, 0) is 11.1 Å². The van der Waals surface area contributed by atoms with Gasteiger partial charge in [0.1, 0.15) is 5.38 Å². The van der Waals surface area contributed by atoms with E-state index in [1.54, 1.807) is 11.2 Å². The molecule has 122 valence electrons. The molecule has 1 amide bonds. The van der Waals surface area contributed by atoms with Crippen LogP contribution in [-0.4, -0.2) is 39.5 Å². The Hall–Kier alpha value is -1.67. The number of hydrogen-bond acceptors (Lipinski definition) is 6. The van der Waals surface area contributed by atoms with Crippen LogP contribution in [0, 0.1) is 0 Å². The zero-order valence-corrected chi connectivity index (χ0v) is 13.8. The third kappa shape index (κ3) is 3.48. The zero-order valence-electron chi connectivity index (χ0n) is 12.3. The summed E-state index contributed by atoms with van der Waals surface area (Å²) in [5.74, 6) is -0.128. The number of nitrogens with zero attached hydrogens (tertiary/aromatic N) is 2. The number of hydrazine groups is 1. The molecule has 1 saturated heterocycles. The highest BCUT2D eigenvalue weighted by atomic mass is 35.5. The van der Waals surface area contributed by atoms with Gasteiger partial charge >= 0.3 is 0 Å². The van der Waals surface area contributed by atoms with Crippen LogP contribution in [0.4, 0.5) is 5.13 Å². The quantitative estimate of drug-likeness (QED) is 0.402. The van der Waals surface area contributed by atoms with Gasteiger partial charge in [-0.1, -0.05) is 24.3 Å². The SMILES string of the molecule is O=C1C(Cl)C(c2ccc(CO)cc2)N1NCCNc1nccs1. The number of rotatable bonds is 7. The van der Waals surface area contributed by atoms with E-state index < -0.39 is 5.38 Å². The summed E-state index contributed by atoms with van der Waals surface area (Å²) in [5.41, 5.74) is 4.88. The first kappa shape index (κ1) is 16.2. The Balaban J connectivity index is 1.55. The van der Waals surface area contributed by atoms with Crippen LogP contribution in [-0.2, 0) is 11.4 Å². The number of thiazole rings is 1. The van der Waals surface area contributed by atoms with Crippen molar-refractivity contribution in [1.29, 1.82) is 0 Å². The van der Waals surface area contributed by atoms with Gasteiger partial charge in [0.2, 0.25) is 0 Å². The van der Waals surface area contributed by atoms with Crippen molar-refractivity contribution in [2.75, 3.05) is 18.4 Å². The van der Waals surface area contributed by atoms with E-state index >= 15 is 0 Å². The molecule has 8 heteroatoms. The summed E-state index contributed by atoms with van der Waals surface area (Å²) >= 11 is 7.69. The molecule has 0 spiro atoms. The Kier molecular flexibility index (Phi) is 5.12. The monoisotopic (exact) mass is 352 g/mol. The predicted octanol–water partition coefficient (Wildman–Crippen LogP) is 1.74. The van der Waals surface area contributed by atoms with Gasteiger partial charge in [-0.25, -0.2) is 10.4 Å². The van der Waals surface area contributed by atoms with E-state index in [9.17, 15) is 4.79 Å². The average Bonchev–Trinajstić information content (AvgIpc) is 3.10. The number of aliphatic hydroxyl groups excluding tert-OH is 1. The van der Waals surface area contributed by atoms with Crippen LogP contribution < -0.4 is 10.7 Å². The summed E-state index contributed by atoms with van der Waals surface area (Å²) in [5, 5.41) is 16.0. The number of anilines is 1. The Labute approximate surface area is 143 Å². The summed E-state index contributed by atoms with van der Waals surface area (Å²) in [6.07, 6.45) is 1.74. The zero-order chi connectivity index (χ0) is 16.2. The molecule has 3 rings (SSSR count). The minimum absolute atomic E-state index is 0.00142. The second kappa shape index (κ2) is 7.27. The van der Waals surface area contributed by atoms with Crippen molar-refractivity contribution in [3.63, 3.8) is 0 Å². The lowest BCUT2D eigenvalue weighted by atomic mass is 9.94. The lowest BCUT2D eigenvalue weighted by molar-refractivity contribution is -0.151. The van der Waals surface area contributed by atoms with E-state index in [1.807, 2.05) is 29.6 Å². The van der Waals surface area contributed by atoms with E-state index in [4.69, 9.17) is 16.7 Å². The largest absolute Gasteiger partial charge is 0.392 e. The van der Waals surface area contributed by atoms with E-state index in [1.165, 1.54) is 11.3 Å². The van der Waals surface area contributed by atoms with Gasteiger partial charge in [0.25, 0.3) is 5.91 Å². The summed E-state index contributed by atoms with van der Waals surface area (Å²) in [6.45, 7) is 1.24. The number of β-lactam (4-membered cyclic amide) rings is 1. The molecule has 3 N–H and O–H groups in total. The van der Waals surface area contributed by atoms with Crippen LogP contribution in [0.25, 0.3) is 0 Å². The number of aromatic nitrogens is 1. The van der Waals surface area contributed by atoms with E-state index in [0.29, 0.717) is 13.1 Å². The number of nitrogens with one attached hydrogen (secondary N) is 2. The fourth-order valence-electron chi connectivity index (χ4n) is 2.42. The maximum atomic E-state index is 12.0. The van der Waals surface area contributed by atoms with Crippen LogP contribution >= 0.6 is 22.9 Å². The number of aliphatic hydroxyl groups is 1. The number of carbonyl (C=O) groups excluding carboxylic acids is 1. The standard InChI is InChI=1S/C15H17ClN4O2S/c16-12-13(11-3-1-10(9-21)2-4-11)20(14(12)22)19-6-5-17-15-18-7-8-23-15/h1-4,7-8,12-13,19,21H,5-6,9H2,(H,17,18). The number of halogens is 1. The highest BCUT2D eigenvalue weighted by Gasteiger charge is 2.47. The summed E-state index contributed by atoms with van der Waals surface area (Å²) in [4.78, 5) is 16.1. The van der Waals surface area contributed by atoms with Crippen molar-refractivity contribution in [2.24, 2.45) is 0 Å². The van der Waals surface area contributed by atoms with Crippen LogP contribution in [0.5, 0.6) is 0 Å². The minimum atomic E-state index is -0.561. The summed E-state index contributed by atoms with van der Waals surface area (Å²) < 4.78 is 0. The second-order valence-electron chi connectivity index (χ2n) is 5.13. The third-order valence-corrected chi connectivity index (χ3v) is 4.80. The molecule has 2 heterocycles. The molecule has 1 aliphatic rings. The highest BCUT2D eigenvalue weighted by Crippen LogP contribution is 2.36. The Morgan fingerprint density at radius 3 is 2.74 bits per heavy atom. The molecule has 1 fully saturated rings. The molecule has 2 atom stereocenters. The van der Waals surface area contributed by atoms with Crippen LogP contribution in [0.15, 0.2) is 35.8 Å². The predicted molar refractivity (Wildman–Crippen MR) is 90.2 cm³/mol. The van der Waals surface area contributed by atoms with Crippen LogP contribution in [0.3, 0.4) is 0 Å². The molecule has 0 aliphatic carbocycles. The van der Waals surface area contributed by atoms with Crippen LogP contribution in [0.2, 0.25) is 0 Å². The van der Waals surface area contributed by atoms with E-state index in [0.717, 1.165) is 16.3 Å². The number of benzene rings is 1. The fourth-order valence-corrected chi connectivity index (χ4v) is 3.35. The second-order valence-corrected chi connectivity index (χ2v) is 6.49. The fraction of sp³-hybridized carbons (Fsp3) is 0.333. The molecule has 23 heavy (non-hydrogen) atoms. The maximum absolute atomic E-state index is 12.0. The van der Waals surface area contributed by atoms with Crippen molar-refractivity contribution in [3.8, 4) is 0 Å². The maximum Gasteiger partial charge on any atom is 0.257 e. The molecule has 1 aromatic heterocycles. The number of carbonyl (C=O) groups is 1. The summed E-state index contributed by atoms with van der Waals surface area (Å²) in [7, 11) is 0. The van der Waals surface area contributed by atoms with Gasteiger partial charge in [0, 0.05) is 24.7 Å². The molecular weight excluding hydrogens is 336 g/mol. The normalized spacial score (nSPS) is 20.4. The van der Waals surface area contributed by atoms with Crippen molar-refractivity contribution >= 4 is 34.0 Å². The van der Waals surface area contributed by atoms with Gasteiger partial charge in [-0.15, -0.1) is 22.9 Å². The van der Waals surface area contributed by atoms with Crippen molar-refractivity contribution in [2.45, 2.75) is 18.0 Å². The average molecular weight is 353 g/mol. The number of hydrogen-bond donors (Lipinski definition) is 3.